The highest BCUT2D eigenvalue weighted by Crippen LogP contribution is 2.12. The average Bonchev–Trinajstić information content (AvgIpc) is 2.39. The Labute approximate surface area is 119 Å². The summed E-state index contributed by atoms with van der Waals surface area (Å²) in [5, 5.41) is 2.78. The number of amides is 1. The van der Waals surface area contributed by atoms with Crippen LogP contribution >= 0.6 is 11.6 Å². The summed E-state index contributed by atoms with van der Waals surface area (Å²) in [6, 6.07) is 7.48. The molecule has 1 atom stereocenters. The molecule has 0 heterocycles. The fourth-order valence-corrected chi connectivity index (χ4v) is 1.85. The maximum atomic E-state index is 11.9. The van der Waals surface area contributed by atoms with Crippen molar-refractivity contribution in [3.8, 4) is 0 Å². The van der Waals surface area contributed by atoms with Gasteiger partial charge in [0, 0.05) is 39.0 Å². The van der Waals surface area contributed by atoms with Crippen LogP contribution in [0.15, 0.2) is 24.3 Å². The summed E-state index contributed by atoms with van der Waals surface area (Å²) < 4.78 is 4.93. The first kappa shape index (κ1) is 15.8. The molecular weight excluding hydrogens is 264 g/mol. The van der Waals surface area contributed by atoms with Gasteiger partial charge >= 0.3 is 0 Å². The Morgan fingerprint density at radius 1 is 1.37 bits per heavy atom. The van der Waals surface area contributed by atoms with Gasteiger partial charge in [0.15, 0.2) is 0 Å². The Morgan fingerprint density at radius 2 is 2.00 bits per heavy atom. The molecule has 0 bridgehead atoms. The maximum Gasteiger partial charge on any atom is 0.251 e. The molecule has 0 saturated heterocycles. The van der Waals surface area contributed by atoms with Gasteiger partial charge in [-0.25, -0.2) is 0 Å². The highest BCUT2D eigenvalue weighted by atomic mass is 35.5. The summed E-state index contributed by atoms with van der Waals surface area (Å²) >= 11 is 5.98. The molecule has 19 heavy (non-hydrogen) atoms. The number of hydrogen-bond acceptors (Lipinski definition) is 3. The molecule has 1 unspecified atom stereocenters. The van der Waals surface area contributed by atoms with Gasteiger partial charge in [-0.1, -0.05) is 0 Å². The summed E-state index contributed by atoms with van der Waals surface area (Å²) in [4.78, 5) is 13.9. The predicted octanol–water partition coefficient (Wildman–Crippen LogP) is 2.13. The topological polar surface area (TPSA) is 41.6 Å². The van der Waals surface area contributed by atoms with Crippen molar-refractivity contribution >= 4 is 23.2 Å². The summed E-state index contributed by atoms with van der Waals surface area (Å²) in [5.41, 5.74) is 1.72. The lowest BCUT2D eigenvalue weighted by Gasteiger charge is -2.13. The highest BCUT2D eigenvalue weighted by Gasteiger charge is 2.07. The number of nitrogens with zero attached hydrogens (tertiary/aromatic N) is 1. The Balaban J connectivity index is 2.41. The standard InChI is InChI=1S/C14H21ClN2O2/c1-17(2)13-6-4-11(5-7-13)14(18)16-9-8-12(15)10-19-3/h4-7,12H,8-10H2,1-3H3,(H,16,18). The number of halogens is 1. The first-order chi connectivity index (χ1) is 9.04. The van der Waals surface area contributed by atoms with Gasteiger partial charge in [0.1, 0.15) is 0 Å². The molecule has 0 radical (unpaired) electrons. The van der Waals surface area contributed by atoms with Crippen molar-refractivity contribution < 1.29 is 9.53 Å². The van der Waals surface area contributed by atoms with Crippen molar-refractivity contribution in [2.75, 3.05) is 39.3 Å². The third-order valence-corrected chi connectivity index (χ3v) is 3.08. The van der Waals surface area contributed by atoms with Crippen molar-refractivity contribution in [2.45, 2.75) is 11.8 Å². The average molecular weight is 285 g/mol. The van der Waals surface area contributed by atoms with E-state index in [9.17, 15) is 4.79 Å². The maximum absolute atomic E-state index is 11.9. The second kappa shape index (κ2) is 8.02. The second-order valence-corrected chi connectivity index (χ2v) is 5.16. The quantitative estimate of drug-likeness (QED) is 0.780. The van der Waals surface area contributed by atoms with E-state index >= 15 is 0 Å². The SMILES string of the molecule is COCC(Cl)CCNC(=O)c1ccc(N(C)C)cc1. The van der Waals surface area contributed by atoms with Crippen LogP contribution in [-0.2, 0) is 4.74 Å². The van der Waals surface area contributed by atoms with Crippen LogP contribution in [0.5, 0.6) is 0 Å². The zero-order valence-electron chi connectivity index (χ0n) is 11.6. The van der Waals surface area contributed by atoms with Crippen LogP contribution in [0.3, 0.4) is 0 Å². The monoisotopic (exact) mass is 284 g/mol. The molecule has 106 valence electrons. The van der Waals surface area contributed by atoms with Crippen LogP contribution in [-0.4, -0.2) is 45.6 Å². The van der Waals surface area contributed by atoms with E-state index in [1.807, 2.05) is 43.3 Å². The van der Waals surface area contributed by atoms with Gasteiger partial charge in [-0.05, 0) is 30.7 Å². The number of rotatable bonds is 7. The summed E-state index contributed by atoms with van der Waals surface area (Å²) in [6.07, 6.45) is 0.691. The molecule has 0 aliphatic rings. The highest BCUT2D eigenvalue weighted by molar-refractivity contribution is 6.20. The minimum Gasteiger partial charge on any atom is -0.383 e. The molecule has 4 nitrogen and oxygen atoms in total. The van der Waals surface area contributed by atoms with Crippen molar-refractivity contribution in [3.05, 3.63) is 29.8 Å². The van der Waals surface area contributed by atoms with Crippen molar-refractivity contribution in [2.24, 2.45) is 0 Å². The van der Waals surface area contributed by atoms with Gasteiger partial charge in [0.05, 0.1) is 12.0 Å². The third kappa shape index (κ3) is 5.49. The van der Waals surface area contributed by atoms with E-state index in [1.54, 1.807) is 7.11 Å². The molecule has 1 N–H and O–H groups in total. The van der Waals surface area contributed by atoms with E-state index in [0.29, 0.717) is 25.1 Å². The van der Waals surface area contributed by atoms with E-state index < -0.39 is 0 Å². The summed E-state index contributed by atoms with van der Waals surface area (Å²) in [7, 11) is 5.54. The Bertz CT molecular complexity index is 393. The van der Waals surface area contributed by atoms with Gasteiger partial charge in [-0.2, -0.15) is 0 Å². The van der Waals surface area contributed by atoms with Gasteiger partial charge in [0.25, 0.3) is 5.91 Å². The lowest BCUT2D eigenvalue weighted by molar-refractivity contribution is 0.0951. The number of carbonyl (C=O) groups is 1. The molecule has 0 aliphatic carbocycles. The molecule has 1 aromatic rings. The van der Waals surface area contributed by atoms with Crippen LogP contribution in [0, 0.1) is 0 Å². The van der Waals surface area contributed by atoms with Crippen LogP contribution in [0.1, 0.15) is 16.8 Å². The summed E-state index contributed by atoms with van der Waals surface area (Å²) in [6.45, 7) is 1.04. The fraction of sp³-hybridized carbons (Fsp3) is 0.500. The number of benzene rings is 1. The van der Waals surface area contributed by atoms with Crippen LogP contribution in [0.25, 0.3) is 0 Å². The van der Waals surface area contributed by atoms with E-state index in [-0.39, 0.29) is 11.3 Å². The lowest BCUT2D eigenvalue weighted by Crippen LogP contribution is -2.27. The zero-order chi connectivity index (χ0) is 14.3. The van der Waals surface area contributed by atoms with E-state index in [0.717, 1.165) is 5.69 Å². The second-order valence-electron chi connectivity index (χ2n) is 4.54. The molecule has 0 spiro atoms. The fourth-order valence-electron chi connectivity index (χ4n) is 1.62. The molecule has 1 rings (SSSR count). The zero-order valence-corrected chi connectivity index (χ0v) is 12.4. The Hall–Kier alpha value is -1.26. The first-order valence-electron chi connectivity index (χ1n) is 6.23. The molecule has 0 fully saturated rings. The minimum atomic E-state index is -0.0772. The van der Waals surface area contributed by atoms with Crippen molar-refractivity contribution in [3.63, 3.8) is 0 Å². The number of hydrogen-bond donors (Lipinski definition) is 1. The molecular formula is C14H21ClN2O2. The largest absolute Gasteiger partial charge is 0.383 e. The van der Waals surface area contributed by atoms with Crippen molar-refractivity contribution in [1.29, 1.82) is 0 Å². The lowest BCUT2D eigenvalue weighted by atomic mass is 10.2. The Morgan fingerprint density at radius 3 is 2.53 bits per heavy atom. The molecule has 0 aliphatic heterocycles. The minimum absolute atomic E-state index is 0.0681. The van der Waals surface area contributed by atoms with Crippen molar-refractivity contribution in [1.82, 2.24) is 5.32 Å². The van der Waals surface area contributed by atoms with Crippen LogP contribution in [0.4, 0.5) is 5.69 Å². The molecule has 0 aromatic heterocycles. The first-order valence-corrected chi connectivity index (χ1v) is 6.67. The summed E-state index contributed by atoms with van der Waals surface area (Å²) in [5.74, 6) is -0.0772. The number of carbonyl (C=O) groups excluding carboxylic acids is 1. The number of alkyl halides is 1. The number of ether oxygens (including phenoxy) is 1. The normalized spacial score (nSPS) is 12.0. The molecule has 1 aromatic carbocycles. The predicted molar refractivity (Wildman–Crippen MR) is 79.2 cm³/mol. The number of methoxy groups -OCH3 is 1. The van der Waals surface area contributed by atoms with Crippen LogP contribution < -0.4 is 10.2 Å². The smallest absolute Gasteiger partial charge is 0.251 e. The molecule has 0 saturated carbocycles. The number of anilines is 1. The van der Waals surface area contributed by atoms with Gasteiger partial charge in [-0.3, -0.25) is 4.79 Å². The van der Waals surface area contributed by atoms with Crippen LogP contribution in [0.2, 0.25) is 0 Å². The van der Waals surface area contributed by atoms with Gasteiger partial charge in [0.2, 0.25) is 0 Å². The molecule has 1 amide bonds. The van der Waals surface area contributed by atoms with E-state index in [1.165, 1.54) is 0 Å². The van der Waals surface area contributed by atoms with Gasteiger partial charge in [-0.15, -0.1) is 11.6 Å². The van der Waals surface area contributed by atoms with E-state index in [2.05, 4.69) is 5.32 Å². The molecule has 5 heteroatoms. The van der Waals surface area contributed by atoms with Gasteiger partial charge < -0.3 is 15.0 Å². The van der Waals surface area contributed by atoms with E-state index in [4.69, 9.17) is 16.3 Å². The Kier molecular flexibility index (Phi) is 6.67. The number of nitrogens with one attached hydrogen (secondary N) is 1. The third-order valence-electron chi connectivity index (χ3n) is 2.74.